The summed E-state index contributed by atoms with van der Waals surface area (Å²) in [4.78, 5) is 2.27. The van der Waals surface area contributed by atoms with Gasteiger partial charge in [0, 0.05) is 26.3 Å². The van der Waals surface area contributed by atoms with Gasteiger partial charge in [-0.15, -0.1) is 11.3 Å². The Kier molecular flexibility index (Phi) is 5.18. The number of hydrogen-bond acceptors (Lipinski definition) is 3. The van der Waals surface area contributed by atoms with Crippen LogP contribution in [-0.2, 0) is 0 Å². The van der Waals surface area contributed by atoms with Gasteiger partial charge in [0.2, 0.25) is 0 Å². The van der Waals surface area contributed by atoms with Crippen LogP contribution in [0.2, 0.25) is 0 Å². The summed E-state index contributed by atoms with van der Waals surface area (Å²) >= 11 is 4.93. The fourth-order valence-corrected chi connectivity index (χ4v) is 3.35. The topological polar surface area (TPSA) is 35.2 Å². The highest BCUT2D eigenvalue weighted by Gasteiger charge is 2.22. The van der Waals surface area contributed by atoms with E-state index in [9.17, 15) is 4.39 Å². The Morgan fingerprint density at radius 3 is 2.65 bits per heavy atom. The van der Waals surface area contributed by atoms with Gasteiger partial charge in [-0.05, 0) is 37.6 Å². The molecule has 2 rings (SSSR count). The standard InChI is InChI=1S/C15H17BrFNOS/c1-3-13(18)15(14-5-4-9(2)20-14)19-12-7-10(16)6-11(17)8-12/h4-8,13,15H,3,18H2,1-2H3. The molecule has 1 heterocycles. The number of rotatable bonds is 5. The molecule has 2 unspecified atom stereocenters. The lowest BCUT2D eigenvalue weighted by atomic mass is 10.1. The number of nitrogens with two attached hydrogens (primary N) is 1. The van der Waals surface area contributed by atoms with Crippen molar-refractivity contribution in [2.75, 3.05) is 0 Å². The molecule has 0 fully saturated rings. The van der Waals surface area contributed by atoms with E-state index in [1.165, 1.54) is 17.0 Å². The number of benzene rings is 1. The highest BCUT2D eigenvalue weighted by atomic mass is 79.9. The summed E-state index contributed by atoms with van der Waals surface area (Å²) in [6.45, 7) is 4.06. The van der Waals surface area contributed by atoms with Gasteiger partial charge in [-0.25, -0.2) is 4.39 Å². The van der Waals surface area contributed by atoms with Crippen LogP contribution < -0.4 is 10.5 Å². The summed E-state index contributed by atoms with van der Waals surface area (Å²) in [5, 5.41) is 0. The molecule has 0 saturated heterocycles. The van der Waals surface area contributed by atoms with Crippen molar-refractivity contribution in [3.05, 3.63) is 50.4 Å². The first-order chi connectivity index (χ1) is 9.49. The van der Waals surface area contributed by atoms with Gasteiger partial charge in [0.25, 0.3) is 0 Å². The van der Waals surface area contributed by atoms with Crippen LogP contribution in [-0.4, -0.2) is 6.04 Å². The van der Waals surface area contributed by atoms with E-state index in [4.69, 9.17) is 10.5 Å². The molecule has 1 aromatic heterocycles. The van der Waals surface area contributed by atoms with Gasteiger partial charge >= 0.3 is 0 Å². The number of hydrogen-bond donors (Lipinski definition) is 1. The molecule has 2 nitrogen and oxygen atoms in total. The molecule has 108 valence electrons. The van der Waals surface area contributed by atoms with E-state index >= 15 is 0 Å². The molecular weight excluding hydrogens is 341 g/mol. The quantitative estimate of drug-likeness (QED) is 0.832. The van der Waals surface area contributed by atoms with Crippen molar-refractivity contribution in [3.8, 4) is 5.75 Å². The lowest BCUT2D eigenvalue weighted by molar-refractivity contribution is 0.174. The number of aryl methyl sites for hydroxylation is 1. The van der Waals surface area contributed by atoms with Crippen molar-refractivity contribution in [2.24, 2.45) is 5.73 Å². The zero-order chi connectivity index (χ0) is 14.7. The normalized spacial score (nSPS) is 14.1. The van der Waals surface area contributed by atoms with E-state index in [0.717, 1.165) is 11.3 Å². The van der Waals surface area contributed by atoms with Crippen molar-refractivity contribution >= 4 is 27.3 Å². The lowest BCUT2D eigenvalue weighted by Crippen LogP contribution is -2.30. The predicted octanol–water partition coefficient (Wildman–Crippen LogP) is 4.82. The highest BCUT2D eigenvalue weighted by molar-refractivity contribution is 9.10. The van der Waals surface area contributed by atoms with Crippen molar-refractivity contribution in [2.45, 2.75) is 32.4 Å². The van der Waals surface area contributed by atoms with E-state index in [-0.39, 0.29) is 18.0 Å². The minimum absolute atomic E-state index is 0.130. The summed E-state index contributed by atoms with van der Waals surface area (Å²) in [5.41, 5.74) is 6.16. The lowest BCUT2D eigenvalue weighted by Gasteiger charge is -2.23. The summed E-state index contributed by atoms with van der Waals surface area (Å²) in [7, 11) is 0. The van der Waals surface area contributed by atoms with Gasteiger partial charge in [0.15, 0.2) is 0 Å². The molecule has 0 radical (unpaired) electrons. The second-order valence-corrected chi connectivity index (χ2v) is 6.90. The van der Waals surface area contributed by atoms with Crippen molar-refractivity contribution in [1.29, 1.82) is 0 Å². The van der Waals surface area contributed by atoms with Crippen LogP contribution in [0.4, 0.5) is 4.39 Å². The maximum absolute atomic E-state index is 13.4. The summed E-state index contributed by atoms with van der Waals surface area (Å²) in [6, 6.07) is 8.46. The van der Waals surface area contributed by atoms with Crippen LogP contribution >= 0.6 is 27.3 Å². The molecule has 0 amide bonds. The average molecular weight is 358 g/mol. The first-order valence-electron chi connectivity index (χ1n) is 6.44. The zero-order valence-electron chi connectivity index (χ0n) is 11.4. The zero-order valence-corrected chi connectivity index (χ0v) is 13.8. The maximum atomic E-state index is 13.4. The molecule has 20 heavy (non-hydrogen) atoms. The summed E-state index contributed by atoms with van der Waals surface area (Å²) in [5.74, 6) is 0.150. The fourth-order valence-electron chi connectivity index (χ4n) is 1.92. The molecule has 0 spiro atoms. The molecule has 2 atom stereocenters. The molecule has 2 aromatic rings. The Balaban J connectivity index is 2.28. The van der Waals surface area contributed by atoms with Gasteiger partial charge in [-0.1, -0.05) is 22.9 Å². The van der Waals surface area contributed by atoms with Gasteiger partial charge in [0.1, 0.15) is 17.7 Å². The van der Waals surface area contributed by atoms with Gasteiger partial charge in [-0.3, -0.25) is 0 Å². The minimum atomic E-state index is -0.333. The van der Waals surface area contributed by atoms with Gasteiger partial charge < -0.3 is 10.5 Å². The summed E-state index contributed by atoms with van der Waals surface area (Å²) < 4.78 is 20.0. The smallest absolute Gasteiger partial charge is 0.148 e. The van der Waals surface area contributed by atoms with Crippen molar-refractivity contribution in [3.63, 3.8) is 0 Å². The molecule has 0 saturated carbocycles. The van der Waals surface area contributed by atoms with Crippen LogP contribution in [0, 0.1) is 12.7 Å². The Morgan fingerprint density at radius 1 is 1.35 bits per heavy atom. The average Bonchev–Trinajstić information content (AvgIpc) is 2.80. The number of thiophene rings is 1. The molecular formula is C15H17BrFNOS. The van der Waals surface area contributed by atoms with Crippen LogP contribution in [0.5, 0.6) is 5.75 Å². The van der Waals surface area contributed by atoms with Crippen LogP contribution in [0.1, 0.15) is 29.2 Å². The summed E-state index contributed by atoms with van der Waals surface area (Å²) in [6.07, 6.45) is 0.533. The van der Waals surface area contributed by atoms with Crippen LogP contribution in [0.25, 0.3) is 0 Å². The van der Waals surface area contributed by atoms with E-state index in [2.05, 4.69) is 15.9 Å². The highest BCUT2D eigenvalue weighted by Crippen LogP contribution is 2.31. The second kappa shape index (κ2) is 6.70. The molecule has 0 bridgehead atoms. The molecule has 0 aliphatic carbocycles. The Hall–Kier alpha value is -0.910. The van der Waals surface area contributed by atoms with Gasteiger partial charge in [0.05, 0.1) is 0 Å². The van der Waals surface area contributed by atoms with E-state index in [0.29, 0.717) is 10.2 Å². The predicted molar refractivity (Wildman–Crippen MR) is 84.8 cm³/mol. The van der Waals surface area contributed by atoms with Gasteiger partial charge in [-0.2, -0.15) is 0 Å². The first kappa shape index (κ1) is 15.5. The molecule has 5 heteroatoms. The van der Waals surface area contributed by atoms with E-state index < -0.39 is 0 Å². The largest absolute Gasteiger partial charge is 0.483 e. The molecule has 0 aliphatic heterocycles. The Bertz CT molecular complexity index is 567. The molecule has 0 aliphatic rings. The van der Waals surface area contributed by atoms with E-state index in [1.54, 1.807) is 17.4 Å². The third-order valence-electron chi connectivity index (χ3n) is 3.00. The van der Waals surface area contributed by atoms with E-state index in [1.807, 2.05) is 26.0 Å². The maximum Gasteiger partial charge on any atom is 0.148 e. The third-order valence-corrected chi connectivity index (χ3v) is 4.52. The van der Waals surface area contributed by atoms with Crippen LogP contribution in [0.3, 0.4) is 0 Å². The second-order valence-electron chi connectivity index (χ2n) is 4.66. The Morgan fingerprint density at radius 2 is 2.10 bits per heavy atom. The minimum Gasteiger partial charge on any atom is -0.483 e. The van der Waals surface area contributed by atoms with Crippen molar-refractivity contribution < 1.29 is 9.13 Å². The monoisotopic (exact) mass is 357 g/mol. The first-order valence-corrected chi connectivity index (χ1v) is 8.05. The number of ether oxygens (including phenoxy) is 1. The van der Waals surface area contributed by atoms with Crippen LogP contribution in [0.15, 0.2) is 34.8 Å². The molecule has 2 N–H and O–H groups in total. The molecule has 1 aromatic carbocycles. The third kappa shape index (κ3) is 3.81. The fraction of sp³-hybridized carbons (Fsp3) is 0.333. The van der Waals surface area contributed by atoms with Crippen molar-refractivity contribution in [1.82, 2.24) is 0 Å². The number of halogens is 2. The SMILES string of the molecule is CCC(N)C(Oc1cc(F)cc(Br)c1)c1ccc(C)s1. The Labute approximate surface area is 130 Å².